The molecule has 0 heterocycles. The number of rotatable bonds is 5. The molecule has 0 aliphatic heterocycles. The number of halogens is 1. The minimum absolute atomic E-state index is 0.0172. The molecule has 0 radical (unpaired) electrons. The van der Waals surface area contributed by atoms with Crippen LogP contribution in [0.2, 0.25) is 0 Å². The summed E-state index contributed by atoms with van der Waals surface area (Å²) in [5, 5.41) is 14.0. The fourth-order valence-electron chi connectivity index (χ4n) is 4.02. The van der Waals surface area contributed by atoms with Gasteiger partial charge in [0.1, 0.15) is 0 Å². The Hall–Kier alpha value is -1.56. The maximum atomic E-state index is 12.4. The first-order valence-electron chi connectivity index (χ1n) is 8.45. The van der Waals surface area contributed by atoms with E-state index < -0.39 is 0 Å². The third-order valence-corrected chi connectivity index (χ3v) is 5.96. The quantitative estimate of drug-likeness (QED) is 0.588. The molecule has 2 aliphatic carbocycles. The number of hydrogen-bond donors (Lipinski definition) is 2. The van der Waals surface area contributed by atoms with Crippen molar-refractivity contribution in [2.45, 2.75) is 39.5 Å². The van der Waals surface area contributed by atoms with Gasteiger partial charge in [-0.2, -0.15) is 5.10 Å². The highest BCUT2D eigenvalue weighted by molar-refractivity contribution is 9.10. The summed E-state index contributed by atoms with van der Waals surface area (Å²) < 4.78 is 5.91. The third kappa shape index (κ3) is 3.16. The van der Waals surface area contributed by atoms with Crippen molar-refractivity contribution in [3.05, 3.63) is 22.2 Å². The van der Waals surface area contributed by atoms with E-state index in [9.17, 15) is 9.90 Å². The third-order valence-electron chi connectivity index (χ3n) is 5.35. The molecular weight excluding hydrogens is 372 g/mol. The number of benzene rings is 1. The molecule has 2 aliphatic rings. The SMILES string of the molecule is CCOc1cc(/C=N\NC(=O)[C@H]2[C@@H]3CCCC[C@@]32C)cc(Br)c1O. The molecule has 2 saturated carbocycles. The number of amides is 1. The lowest BCUT2D eigenvalue weighted by Gasteiger charge is -2.15. The summed E-state index contributed by atoms with van der Waals surface area (Å²) in [6.07, 6.45) is 6.32. The molecule has 6 heteroatoms. The number of aromatic hydroxyl groups is 1. The first-order chi connectivity index (χ1) is 11.5. The number of ether oxygens (including phenoxy) is 1. The van der Waals surface area contributed by atoms with E-state index in [0.29, 0.717) is 22.7 Å². The fourth-order valence-corrected chi connectivity index (χ4v) is 4.48. The molecule has 5 nitrogen and oxygen atoms in total. The summed E-state index contributed by atoms with van der Waals surface area (Å²) in [4.78, 5) is 12.4. The van der Waals surface area contributed by atoms with Gasteiger partial charge in [0.25, 0.3) is 0 Å². The second kappa shape index (κ2) is 6.75. The average molecular weight is 395 g/mol. The van der Waals surface area contributed by atoms with Gasteiger partial charge in [0.15, 0.2) is 11.5 Å². The summed E-state index contributed by atoms with van der Waals surface area (Å²) in [6.45, 7) is 4.53. The van der Waals surface area contributed by atoms with Crippen molar-refractivity contribution >= 4 is 28.1 Å². The molecule has 3 atom stereocenters. The number of phenols is 1. The van der Waals surface area contributed by atoms with Crippen molar-refractivity contribution in [1.29, 1.82) is 0 Å². The van der Waals surface area contributed by atoms with Gasteiger partial charge in [0.05, 0.1) is 17.3 Å². The summed E-state index contributed by atoms with van der Waals surface area (Å²) in [5.41, 5.74) is 3.59. The second-order valence-electron chi connectivity index (χ2n) is 6.85. The van der Waals surface area contributed by atoms with Crippen LogP contribution in [-0.4, -0.2) is 23.8 Å². The number of hydrazone groups is 1. The molecular formula is C18H23BrN2O3. The van der Waals surface area contributed by atoms with Crippen LogP contribution in [0.25, 0.3) is 0 Å². The molecule has 130 valence electrons. The Balaban J connectivity index is 1.63. The number of nitrogens with one attached hydrogen (secondary N) is 1. The van der Waals surface area contributed by atoms with E-state index in [2.05, 4.69) is 33.4 Å². The van der Waals surface area contributed by atoms with Crippen LogP contribution in [0.5, 0.6) is 11.5 Å². The van der Waals surface area contributed by atoms with Crippen molar-refractivity contribution in [2.75, 3.05) is 6.61 Å². The van der Waals surface area contributed by atoms with Gasteiger partial charge in [-0.25, -0.2) is 5.43 Å². The van der Waals surface area contributed by atoms with Crippen LogP contribution in [0.4, 0.5) is 0 Å². The van der Waals surface area contributed by atoms with Gasteiger partial charge in [-0.1, -0.05) is 19.8 Å². The largest absolute Gasteiger partial charge is 0.503 e. The molecule has 0 saturated heterocycles. The summed E-state index contributed by atoms with van der Waals surface area (Å²) in [6, 6.07) is 3.42. The van der Waals surface area contributed by atoms with Crippen molar-refractivity contribution in [3.8, 4) is 11.5 Å². The zero-order valence-electron chi connectivity index (χ0n) is 14.0. The Labute approximate surface area is 150 Å². The highest BCUT2D eigenvalue weighted by atomic mass is 79.9. The van der Waals surface area contributed by atoms with Crippen LogP contribution in [0.15, 0.2) is 21.7 Å². The first kappa shape index (κ1) is 17.3. The van der Waals surface area contributed by atoms with Gasteiger partial charge in [0.2, 0.25) is 5.91 Å². The average Bonchev–Trinajstić information content (AvgIpc) is 3.18. The fraction of sp³-hybridized carbons (Fsp3) is 0.556. The van der Waals surface area contributed by atoms with E-state index in [4.69, 9.17) is 4.74 Å². The lowest BCUT2D eigenvalue weighted by atomic mass is 9.90. The van der Waals surface area contributed by atoms with Gasteiger partial charge in [-0.05, 0) is 64.7 Å². The molecule has 1 aromatic carbocycles. The zero-order chi connectivity index (χ0) is 17.3. The van der Waals surface area contributed by atoms with Gasteiger partial charge in [-0.3, -0.25) is 4.79 Å². The van der Waals surface area contributed by atoms with E-state index in [1.807, 2.05) is 6.92 Å². The molecule has 2 fully saturated rings. The number of fused-ring (bicyclic) bond motifs is 1. The minimum atomic E-state index is 0.0172. The number of phenolic OH excluding ortho intramolecular Hbond substituents is 1. The molecule has 0 spiro atoms. The number of carbonyl (C=O) groups excluding carboxylic acids is 1. The van der Waals surface area contributed by atoms with Crippen molar-refractivity contribution in [2.24, 2.45) is 22.4 Å². The van der Waals surface area contributed by atoms with E-state index in [1.165, 1.54) is 12.8 Å². The Morgan fingerprint density at radius 2 is 2.33 bits per heavy atom. The summed E-state index contributed by atoms with van der Waals surface area (Å²) >= 11 is 3.29. The summed E-state index contributed by atoms with van der Waals surface area (Å²) in [5.74, 6) is 1.09. The highest BCUT2D eigenvalue weighted by Gasteiger charge is 2.64. The predicted molar refractivity (Wildman–Crippen MR) is 96.3 cm³/mol. The second-order valence-corrected chi connectivity index (χ2v) is 7.71. The van der Waals surface area contributed by atoms with Gasteiger partial charge < -0.3 is 9.84 Å². The van der Waals surface area contributed by atoms with Crippen molar-refractivity contribution < 1.29 is 14.6 Å². The number of nitrogens with zero attached hydrogens (tertiary/aromatic N) is 1. The van der Waals surface area contributed by atoms with Gasteiger partial charge >= 0.3 is 0 Å². The zero-order valence-corrected chi connectivity index (χ0v) is 15.6. The van der Waals surface area contributed by atoms with Crippen LogP contribution in [0.1, 0.15) is 45.1 Å². The number of carbonyl (C=O) groups is 1. The van der Waals surface area contributed by atoms with Crippen LogP contribution in [-0.2, 0) is 4.79 Å². The molecule has 0 bridgehead atoms. The van der Waals surface area contributed by atoms with Crippen LogP contribution >= 0.6 is 15.9 Å². The molecule has 1 aromatic rings. The molecule has 0 unspecified atom stereocenters. The lowest BCUT2D eigenvalue weighted by Crippen LogP contribution is -2.22. The lowest BCUT2D eigenvalue weighted by molar-refractivity contribution is -0.123. The molecule has 2 N–H and O–H groups in total. The van der Waals surface area contributed by atoms with Crippen molar-refractivity contribution in [3.63, 3.8) is 0 Å². The summed E-state index contributed by atoms with van der Waals surface area (Å²) in [7, 11) is 0. The predicted octanol–water partition coefficient (Wildman–Crippen LogP) is 3.83. The van der Waals surface area contributed by atoms with Crippen LogP contribution in [0.3, 0.4) is 0 Å². The van der Waals surface area contributed by atoms with Crippen molar-refractivity contribution in [1.82, 2.24) is 5.43 Å². The standard InChI is InChI=1S/C18H23BrN2O3/c1-3-24-14-9-11(8-13(19)16(14)22)10-20-21-17(23)15-12-6-4-5-7-18(12,15)2/h8-10,12,15,22H,3-7H2,1-2H3,(H,21,23)/b20-10-/t12-,15+,18-/m0/s1. The van der Waals surface area contributed by atoms with Gasteiger partial charge in [-0.15, -0.1) is 0 Å². The Morgan fingerprint density at radius 3 is 3.00 bits per heavy atom. The topological polar surface area (TPSA) is 70.9 Å². The smallest absolute Gasteiger partial charge is 0.244 e. The normalized spacial score (nSPS) is 28.5. The highest BCUT2D eigenvalue weighted by Crippen LogP contribution is 2.66. The van der Waals surface area contributed by atoms with Crippen LogP contribution < -0.4 is 10.2 Å². The molecule has 3 rings (SSSR count). The maximum absolute atomic E-state index is 12.4. The molecule has 0 aromatic heterocycles. The van der Waals surface area contributed by atoms with E-state index >= 15 is 0 Å². The first-order valence-corrected chi connectivity index (χ1v) is 9.25. The molecule has 1 amide bonds. The maximum Gasteiger partial charge on any atom is 0.244 e. The Kier molecular flexibility index (Phi) is 4.85. The van der Waals surface area contributed by atoms with E-state index in [1.54, 1.807) is 18.3 Å². The number of hydrogen-bond acceptors (Lipinski definition) is 4. The van der Waals surface area contributed by atoms with E-state index in [-0.39, 0.29) is 23.0 Å². The minimum Gasteiger partial charge on any atom is -0.503 e. The molecule has 24 heavy (non-hydrogen) atoms. The Morgan fingerprint density at radius 1 is 1.54 bits per heavy atom. The van der Waals surface area contributed by atoms with Gasteiger partial charge in [0, 0.05) is 5.92 Å². The monoisotopic (exact) mass is 394 g/mol. The Bertz CT molecular complexity index is 676. The van der Waals surface area contributed by atoms with E-state index in [0.717, 1.165) is 18.4 Å². The van der Waals surface area contributed by atoms with Crippen LogP contribution in [0, 0.1) is 17.3 Å².